The molecule has 1 aromatic rings. The minimum Gasteiger partial charge on any atom is -0.496 e. The Morgan fingerprint density at radius 3 is 2.58 bits per heavy atom. The van der Waals surface area contributed by atoms with Crippen molar-refractivity contribution >= 4 is 5.91 Å². The summed E-state index contributed by atoms with van der Waals surface area (Å²) >= 11 is 0. The Balaban J connectivity index is 2.79. The second kappa shape index (κ2) is 6.57. The molecule has 4 heteroatoms. The number of methoxy groups -OCH3 is 1. The first-order chi connectivity index (χ1) is 8.92. The van der Waals surface area contributed by atoms with Crippen molar-refractivity contribution in [3.05, 3.63) is 29.8 Å². The van der Waals surface area contributed by atoms with Crippen LogP contribution in [-0.2, 0) is 4.79 Å². The summed E-state index contributed by atoms with van der Waals surface area (Å²) in [5.74, 6) is 0.768. The van der Waals surface area contributed by atoms with Crippen LogP contribution >= 0.6 is 0 Å². The smallest absolute Gasteiger partial charge is 0.240 e. The Kier molecular flexibility index (Phi) is 5.36. The lowest BCUT2D eigenvalue weighted by molar-refractivity contribution is -0.127. The van der Waals surface area contributed by atoms with Crippen molar-refractivity contribution in [3.63, 3.8) is 0 Å². The monoisotopic (exact) mass is 264 g/mol. The summed E-state index contributed by atoms with van der Waals surface area (Å²) in [5, 5.41) is 6.18. The maximum atomic E-state index is 12.2. The van der Waals surface area contributed by atoms with Gasteiger partial charge in [0.25, 0.3) is 0 Å². The van der Waals surface area contributed by atoms with Crippen molar-refractivity contribution in [1.29, 1.82) is 0 Å². The van der Waals surface area contributed by atoms with Crippen LogP contribution in [-0.4, -0.2) is 25.1 Å². The number of rotatable bonds is 6. The summed E-state index contributed by atoms with van der Waals surface area (Å²) in [5.41, 5.74) is 0.399. The zero-order chi connectivity index (χ0) is 14.5. The van der Waals surface area contributed by atoms with Gasteiger partial charge in [-0.25, -0.2) is 0 Å². The van der Waals surface area contributed by atoms with Crippen LogP contribution in [0.4, 0.5) is 0 Å². The third kappa shape index (κ3) is 3.96. The summed E-state index contributed by atoms with van der Waals surface area (Å²) in [7, 11) is 1.63. The average molecular weight is 264 g/mol. The van der Waals surface area contributed by atoms with E-state index >= 15 is 0 Å². The molecule has 1 aromatic carbocycles. The number of carbonyl (C=O) groups excluding carboxylic acids is 1. The molecule has 0 heterocycles. The fraction of sp³-hybridized carbons (Fsp3) is 0.533. The molecule has 0 unspecified atom stereocenters. The summed E-state index contributed by atoms with van der Waals surface area (Å²) in [6.07, 6.45) is 0. The molecule has 0 saturated carbocycles. The second-order valence-electron chi connectivity index (χ2n) is 5.09. The first-order valence-electron chi connectivity index (χ1n) is 6.61. The molecule has 0 aliphatic carbocycles. The van der Waals surface area contributed by atoms with Crippen LogP contribution in [0.5, 0.6) is 5.75 Å². The molecule has 1 rings (SSSR count). The van der Waals surface area contributed by atoms with E-state index in [2.05, 4.69) is 10.6 Å². The Morgan fingerprint density at radius 2 is 2.00 bits per heavy atom. The van der Waals surface area contributed by atoms with E-state index in [4.69, 9.17) is 4.74 Å². The topological polar surface area (TPSA) is 50.4 Å². The van der Waals surface area contributed by atoms with E-state index in [0.717, 1.165) is 17.9 Å². The van der Waals surface area contributed by atoms with E-state index in [1.165, 1.54) is 0 Å². The van der Waals surface area contributed by atoms with Gasteiger partial charge in [0.15, 0.2) is 0 Å². The lowest BCUT2D eigenvalue weighted by atomic mass is 10.0. The van der Waals surface area contributed by atoms with Crippen LogP contribution in [0.25, 0.3) is 0 Å². The zero-order valence-electron chi connectivity index (χ0n) is 12.4. The van der Waals surface area contributed by atoms with Gasteiger partial charge in [-0.1, -0.05) is 25.1 Å². The molecule has 0 aliphatic rings. The van der Waals surface area contributed by atoms with Crippen molar-refractivity contribution in [2.24, 2.45) is 0 Å². The molecular weight excluding hydrogens is 240 g/mol. The van der Waals surface area contributed by atoms with Crippen molar-refractivity contribution in [3.8, 4) is 5.75 Å². The molecule has 19 heavy (non-hydrogen) atoms. The van der Waals surface area contributed by atoms with E-state index in [0.29, 0.717) is 0 Å². The molecule has 1 atom stereocenters. The fourth-order valence-corrected chi connectivity index (χ4v) is 2.00. The van der Waals surface area contributed by atoms with Gasteiger partial charge < -0.3 is 15.4 Å². The quantitative estimate of drug-likeness (QED) is 0.828. The minimum atomic E-state index is -0.578. The average Bonchev–Trinajstić information content (AvgIpc) is 2.38. The molecule has 0 fully saturated rings. The van der Waals surface area contributed by atoms with E-state index in [1.54, 1.807) is 7.11 Å². The molecule has 0 aromatic heterocycles. The fourth-order valence-electron chi connectivity index (χ4n) is 2.00. The molecule has 0 aliphatic heterocycles. The van der Waals surface area contributed by atoms with Gasteiger partial charge in [-0.15, -0.1) is 0 Å². The van der Waals surface area contributed by atoms with Crippen LogP contribution in [0.3, 0.4) is 0 Å². The van der Waals surface area contributed by atoms with Crippen LogP contribution < -0.4 is 15.4 Å². The summed E-state index contributed by atoms with van der Waals surface area (Å²) in [6, 6.07) is 7.62. The highest BCUT2D eigenvalue weighted by Crippen LogP contribution is 2.24. The summed E-state index contributed by atoms with van der Waals surface area (Å²) in [6.45, 7) is 8.45. The van der Waals surface area contributed by atoms with Crippen LogP contribution in [0.2, 0.25) is 0 Å². The number of para-hydroxylation sites is 1. The third-order valence-corrected chi connectivity index (χ3v) is 3.14. The number of amides is 1. The molecule has 0 saturated heterocycles. The molecular formula is C15H24N2O2. The van der Waals surface area contributed by atoms with Gasteiger partial charge in [0.05, 0.1) is 18.7 Å². The summed E-state index contributed by atoms with van der Waals surface area (Å²) in [4.78, 5) is 12.2. The number of likely N-dealkylation sites (N-methyl/N-ethyl adjacent to an activating group) is 1. The Morgan fingerprint density at radius 1 is 1.37 bits per heavy atom. The Labute approximate surface area is 115 Å². The van der Waals surface area contributed by atoms with E-state index in [9.17, 15) is 4.79 Å². The van der Waals surface area contributed by atoms with Gasteiger partial charge in [-0.3, -0.25) is 4.79 Å². The lowest BCUT2D eigenvalue weighted by Crippen LogP contribution is -2.52. The Bertz CT molecular complexity index is 430. The molecule has 1 amide bonds. The Hall–Kier alpha value is -1.55. The normalized spacial score (nSPS) is 12.9. The maximum absolute atomic E-state index is 12.2. The highest BCUT2D eigenvalue weighted by Gasteiger charge is 2.27. The van der Waals surface area contributed by atoms with Crippen LogP contribution in [0, 0.1) is 0 Å². The number of hydrogen-bond donors (Lipinski definition) is 2. The predicted molar refractivity (Wildman–Crippen MR) is 77.3 cm³/mol. The molecule has 4 nitrogen and oxygen atoms in total. The maximum Gasteiger partial charge on any atom is 0.240 e. The third-order valence-electron chi connectivity index (χ3n) is 3.14. The van der Waals surface area contributed by atoms with Gasteiger partial charge in [0, 0.05) is 5.56 Å². The summed E-state index contributed by atoms with van der Waals surface area (Å²) < 4.78 is 5.31. The molecule has 0 spiro atoms. The van der Waals surface area contributed by atoms with Gasteiger partial charge >= 0.3 is 0 Å². The number of hydrogen-bond acceptors (Lipinski definition) is 3. The molecule has 2 N–H and O–H groups in total. The molecule has 0 bridgehead atoms. The number of ether oxygens (including phenoxy) is 1. The SMILES string of the molecule is CCNC(C)(C)C(=O)N[C@@H](C)c1ccccc1OC. The van der Waals surface area contributed by atoms with Crippen molar-refractivity contribution in [1.82, 2.24) is 10.6 Å². The van der Waals surface area contributed by atoms with Crippen molar-refractivity contribution in [2.75, 3.05) is 13.7 Å². The van der Waals surface area contributed by atoms with Crippen molar-refractivity contribution < 1.29 is 9.53 Å². The van der Waals surface area contributed by atoms with Crippen LogP contribution in [0.1, 0.15) is 39.3 Å². The number of nitrogens with one attached hydrogen (secondary N) is 2. The second-order valence-corrected chi connectivity index (χ2v) is 5.09. The van der Waals surface area contributed by atoms with Gasteiger partial charge in [0.1, 0.15) is 5.75 Å². The first-order valence-corrected chi connectivity index (χ1v) is 6.61. The van der Waals surface area contributed by atoms with Gasteiger partial charge in [0.2, 0.25) is 5.91 Å². The standard InChI is InChI=1S/C15H24N2O2/c1-6-16-15(3,4)14(18)17-11(2)12-9-7-8-10-13(12)19-5/h7-11,16H,6H2,1-5H3,(H,17,18)/t11-/m0/s1. The highest BCUT2D eigenvalue weighted by atomic mass is 16.5. The highest BCUT2D eigenvalue weighted by molar-refractivity contribution is 5.85. The minimum absolute atomic E-state index is 0.0206. The largest absolute Gasteiger partial charge is 0.496 e. The van der Waals surface area contributed by atoms with E-state index in [1.807, 2.05) is 52.0 Å². The lowest BCUT2D eigenvalue weighted by Gasteiger charge is -2.27. The first kappa shape index (κ1) is 15.5. The predicted octanol–water partition coefficient (Wildman–Crippen LogP) is 2.26. The molecule has 106 valence electrons. The van der Waals surface area contributed by atoms with Crippen molar-refractivity contribution in [2.45, 2.75) is 39.3 Å². The van der Waals surface area contributed by atoms with Gasteiger partial charge in [-0.2, -0.15) is 0 Å². The van der Waals surface area contributed by atoms with Gasteiger partial charge in [-0.05, 0) is 33.4 Å². The zero-order valence-corrected chi connectivity index (χ0v) is 12.4. The van der Waals surface area contributed by atoms with Crippen LogP contribution in [0.15, 0.2) is 24.3 Å². The number of benzene rings is 1. The molecule has 0 radical (unpaired) electrons. The van der Waals surface area contributed by atoms with E-state index < -0.39 is 5.54 Å². The van der Waals surface area contributed by atoms with E-state index in [-0.39, 0.29) is 11.9 Å². The number of carbonyl (C=O) groups is 1.